The predicted octanol–water partition coefficient (Wildman–Crippen LogP) is 1.91. The van der Waals surface area contributed by atoms with Crippen molar-refractivity contribution < 1.29 is 4.74 Å². The molecule has 112 valence electrons. The van der Waals surface area contributed by atoms with Gasteiger partial charge in [-0.1, -0.05) is 0 Å². The Kier molecular flexibility index (Phi) is 2.51. The summed E-state index contributed by atoms with van der Waals surface area (Å²) in [6.07, 6.45) is 7.32. The molecule has 1 aliphatic heterocycles. The minimum atomic E-state index is 0.392. The zero-order chi connectivity index (χ0) is 14.0. The summed E-state index contributed by atoms with van der Waals surface area (Å²) in [4.78, 5) is 11.4. The van der Waals surface area contributed by atoms with Crippen molar-refractivity contribution in [3.63, 3.8) is 0 Å². The third-order valence-electron chi connectivity index (χ3n) is 5.97. The summed E-state index contributed by atoms with van der Waals surface area (Å²) in [6.45, 7) is 1.14. The fourth-order valence-corrected chi connectivity index (χ4v) is 5.00. The number of nitrogens with zero attached hydrogens (tertiary/aromatic N) is 3. The molecule has 21 heavy (non-hydrogen) atoms. The number of fused-ring (bicyclic) bond motifs is 1. The highest BCUT2D eigenvalue weighted by molar-refractivity contribution is 5.52. The number of ether oxygens (including phenoxy) is 1. The van der Waals surface area contributed by atoms with E-state index in [2.05, 4.69) is 26.3 Å². The van der Waals surface area contributed by atoms with Crippen LogP contribution >= 0.6 is 0 Å². The van der Waals surface area contributed by atoms with Gasteiger partial charge in [0, 0.05) is 25.8 Å². The average molecular weight is 286 g/mol. The molecule has 2 bridgehead atoms. The summed E-state index contributed by atoms with van der Waals surface area (Å²) in [5.74, 6) is 4.49. The quantitative estimate of drug-likeness (QED) is 0.916. The third kappa shape index (κ3) is 1.79. The van der Waals surface area contributed by atoms with Gasteiger partial charge >= 0.3 is 0 Å². The zero-order valence-corrected chi connectivity index (χ0v) is 12.4. The molecule has 5 rings (SSSR count). The van der Waals surface area contributed by atoms with Gasteiger partial charge in [0.2, 0.25) is 0 Å². The summed E-state index contributed by atoms with van der Waals surface area (Å²) in [5.41, 5.74) is 0. The fraction of sp³-hybridized carbons (Fsp3) is 0.750. The lowest BCUT2D eigenvalue weighted by Gasteiger charge is -2.32. The monoisotopic (exact) mass is 286 g/mol. The van der Waals surface area contributed by atoms with Gasteiger partial charge in [-0.15, -0.1) is 0 Å². The van der Waals surface area contributed by atoms with Crippen molar-refractivity contribution in [2.75, 3.05) is 23.9 Å². The van der Waals surface area contributed by atoms with Crippen LogP contribution in [0.5, 0.6) is 0 Å². The highest BCUT2D eigenvalue weighted by atomic mass is 16.5. The van der Waals surface area contributed by atoms with Gasteiger partial charge in [-0.25, -0.2) is 9.97 Å². The normalized spacial score (nSPS) is 40.0. The maximum absolute atomic E-state index is 5.83. The maximum atomic E-state index is 5.83. The number of rotatable bonds is 4. The molecule has 5 unspecified atom stereocenters. The molecule has 3 aliphatic carbocycles. The second-order valence-electron chi connectivity index (χ2n) is 7.18. The standard InChI is InChI=1S/C16H22N4O/c1-21-16-9-4-10-7-20(15(16)12(10)5-9)14-6-13(17-8-18-14)19-11-2-3-11/h6,8-12,15-16H,2-5,7H2,1H3,(H,17,18,19). The van der Waals surface area contributed by atoms with E-state index in [1.54, 1.807) is 6.33 Å². The van der Waals surface area contributed by atoms with Gasteiger partial charge in [0.05, 0.1) is 12.1 Å². The molecule has 3 saturated carbocycles. The van der Waals surface area contributed by atoms with Crippen molar-refractivity contribution >= 4 is 11.6 Å². The van der Waals surface area contributed by atoms with Crippen molar-refractivity contribution in [3.05, 3.63) is 12.4 Å². The van der Waals surface area contributed by atoms with E-state index >= 15 is 0 Å². The van der Waals surface area contributed by atoms with E-state index in [1.165, 1.54) is 25.7 Å². The predicted molar refractivity (Wildman–Crippen MR) is 80.3 cm³/mol. The molecule has 5 heteroatoms. The van der Waals surface area contributed by atoms with E-state index in [9.17, 15) is 0 Å². The van der Waals surface area contributed by atoms with Gasteiger partial charge in [0.1, 0.15) is 18.0 Å². The maximum Gasteiger partial charge on any atom is 0.134 e. The van der Waals surface area contributed by atoms with E-state index in [4.69, 9.17) is 4.74 Å². The van der Waals surface area contributed by atoms with Crippen LogP contribution in [-0.4, -0.2) is 41.8 Å². The SMILES string of the molecule is COC1C2CC3CN(c4cc(NC5CC5)ncn4)C1C3C2. The number of nitrogens with one attached hydrogen (secondary N) is 1. The van der Waals surface area contributed by atoms with Crippen LogP contribution in [0.3, 0.4) is 0 Å². The first-order valence-electron chi connectivity index (χ1n) is 8.21. The Balaban J connectivity index is 1.44. The summed E-state index contributed by atoms with van der Waals surface area (Å²) in [7, 11) is 1.87. The first-order chi connectivity index (χ1) is 10.3. The molecule has 4 fully saturated rings. The Morgan fingerprint density at radius 2 is 2.14 bits per heavy atom. The Morgan fingerprint density at radius 3 is 2.95 bits per heavy atom. The van der Waals surface area contributed by atoms with Crippen LogP contribution in [0.4, 0.5) is 11.6 Å². The molecule has 5 nitrogen and oxygen atoms in total. The van der Waals surface area contributed by atoms with Gasteiger partial charge in [0.15, 0.2) is 0 Å². The summed E-state index contributed by atoms with van der Waals surface area (Å²) >= 11 is 0. The topological polar surface area (TPSA) is 50.3 Å². The minimum absolute atomic E-state index is 0.392. The smallest absolute Gasteiger partial charge is 0.134 e. The second-order valence-corrected chi connectivity index (χ2v) is 7.18. The third-order valence-corrected chi connectivity index (χ3v) is 5.97. The highest BCUT2D eigenvalue weighted by Gasteiger charge is 2.59. The van der Waals surface area contributed by atoms with E-state index in [-0.39, 0.29) is 0 Å². The van der Waals surface area contributed by atoms with Crippen LogP contribution in [0.1, 0.15) is 25.7 Å². The Morgan fingerprint density at radius 1 is 1.24 bits per heavy atom. The number of methoxy groups -OCH3 is 1. The molecule has 1 aromatic heterocycles. The lowest BCUT2D eigenvalue weighted by Crippen LogP contribution is -2.42. The number of hydrogen-bond donors (Lipinski definition) is 1. The Bertz CT molecular complexity index is 559. The fourth-order valence-electron chi connectivity index (χ4n) is 5.00. The van der Waals surface area contributed by atoms with Crippen LogP contribution < -0.4 is 10.2 Å². The minimum Gasteiger partial charge on any atom is -0.379 e. The van der Waals surface area contributed by atoms with Crippen molar-refractivity contribution in [3.8, 4) is 0 Å². The zero-order valence-electron chi connectivity index (χ0n) is 12.4. The molecule has 0 amide bonds. The first kappa shape index (κ1) is 12.2. The Labute approximate surface area is 125 Å². The first-order valence-corrected chi connectivity index (χ1v) is 8.21. The molecular weight excluding hydrogens is 264 g/mol. The van der Waals surface area contributed by atoms with Crippen molar-refractivity contribution in [2.45, 2.75) is 43.9 Å². The lowest BCUT2D eigenvalue weighted by molar-refractivity contribution is 0.0446. The molecule has 0 aromatic carbocycles. The molecule has 1 saturated heterocycles. The van der Waals surface area contributed by atoms with Crippen LogP contribution in [0.2, 0.25) is 0 Å². The van der Waals surface area contributed by atoms with E-state index in [1.807, 2.05) is 7.11 Å². The lowest BCUT2D eigenvalue weighted by atomic mass is 9.88. The molecule has 0 spiro atoms. The molecule has 4 aliphatic rings. The molecule has 0 radical (unpaired) electrons. The highest BCUT2D eigenvalue weighted by Crippen LogP contribution is 2.56. The number of hydrogen-bond acceptors (Lipinski definition) is 5. The van der Waals surface area contributed by atoms with E-state index in [0.717, 1.165) is 35.9 Å². The van der Waals surface area contributed by atoms with Crippen LogP contribution in [0, 0.1) is 17.8 Å². The average Bonchev–Trinajstić information content (AvgIpc) is 3.01. The molecule has 1 aromatic rings. The summed E-state index contributed by atoms with van der Waals surface area (Å²) in [5, 5.41) is 3.48. The van der Waals surface area contributed by atoms with E-state index < -0.39 is 0 Å². The van der Waals surface area contributed by atoms with Crippen molar-refractivity contribution in [1.82, 2.24) is 9.97 Å². The summed E-state index contributed by atoms with van der Waals surface area (Å²) < 4.78 is 5.83. The van der Waals surface area contributed by atoms with Crippen LogP contribution in [0.15, 0.2) is 12.4 Å². The van der Waals surface area contributed by atoms with Gasteiger partial charge in [-0.2, -0.15) is 0 Å². The van der Waals surface area contributed by atoms with Crippen molar-refractivity contribution in [1.29, 1.82) is 0 Å². The molecule has 5 atom stereocenters. The van der Waals surface area contributed by atoms with Crippen molar-refractivity contribution in [2.24, 2.45) is 17.8 Å². The molecule has 2 heterocycles. The largest absolute Gasteiger partial charge is 0.379 e. The summed E-state index contributed by atoms with van der Waals surface area (Å²) in [6, 6.07) is 3.29. The second kappa shape index (κ2) is 4.32. The van der Waals surface area contributed by atoms with Crippen LogP contribution in [0.25, 0.3) is 0 Å². The molecule has 1 N–H and O–H groups in total. The number of aromatic nitrogens is 2. The van der Waals surface area contributed by atoms with Gasteiger partial charge in [-0.05, 0) is 43.4 Å². The Hall–Kier alpha value is -1.36. The van der Waals surface area contributed by atoms with Crippen LogP contribution in [-0.2, 0) is 4.74 Å². The molecular formula is C16H22N4O. The van der Waals surface area contributed by atoms with E-state index in [0.29, 0.717) is 18.2 Å². The van der Waals surface area contributed by atoms with Gasteiger partial charge < -0.3 is 15.0 Å². The number of anilines is 2. The van der Waals surface area contributed by atoms with Gasteiger partial charge in [-0.3, -0.25) is 0 Å². The van der Waals surface area contributed by atoms with Gasteiger partial charge in [0.25, 0.3) is 0 Å².